The third kappa shape index (κ3) is 4.47. The van der Waals surface area contributed by atoms with E-state index in [1.165, 1.54) is 0 Å². The number of alkyl halides is 3. The van der Waals surface area contributed by atoms with Crippen LogP contribution in [0.1, 0.15) is 13.8 Å². The first kappa shape index (κ1) is 18.3. The van der Waals surface area contributed by atoms with Gasteiger partial charge in [0.05, 0.1) is 13.2 Å². The van der Waals surface area contributed by atoms with Crippen LogP contribution in [-0.4, -0.2) is 16.9 Å². The molecule has 2 aromatic rings. The second kappa shape index (κ2) is 7.65. The fourth-order valence-electron chi connectivity index (χ4n) is 2.62. The molecule has 0 heterocycles. The van der Waals surface area contributed by atoms with E-state index in [-0.39, 0.29) is 12.0 Å². The Morgan fingerprint density at radius 3 is 1.83 bits per heavy atom. The number of para-hydroxylation sites is 1. The molecule has 0 N–H and O–H groups in total. The minimum absolute atomic E-state index is 0.129. The van der Waals surface area contributed by atoms with E-state index in [2.05, 4.69) is 4.90 Å². The van der Waals surface area contributed by atoms with Crippen molar-refractivity contribution >= 4 is 46.2 Å². The van der Waals surface area contributed by atoms with Gasteiger partial charge in [-0.25, -0.2) is 0 Å². The monoisotopic (exact) mass is 371 g/mol. The molecule has 0 saturated heterocycles. The minimum Gasteiger partial charge on any atom is -0.497 e. The second-order valence-corrected chi connectivity index (χ2v) is 8.00. The Bertz CT molecular complexity index is 608. The summed E-state index contributed by atoms with van der Waals surface area (Å²) in [6.07, 6.45) is 0. The molecule has 5 heteroatoms. The summed E-state index contributed by atoms with van der Waals surface area (Å²) >= 11 is 18.9. The quantitative estimate of drug-likeness (QED) is 0.577. The van der Waals surface area contributed by atoms with Gasteiger partial charge in [-0.2, -0.15) is 0 Å². The van der Waals surface area contributed by atoms with E-state index in [0.717, 1.165) is 17.1 Å². The van der Waals surface area contributed by atoms with Crippen molar-refractivity contribution in [3.05, 3.63) is 54.6 Å². The highest BCUT2D eigenvalue weighted by molar-refractivity contribution is 6.68. The zero-order chi connectivity index (χ0) is 17.0. The van der Waals surface area contributed by atoms with Crippen LogP contribution in [-0.2, 0) is 0 Å². The smallest absolute Gasteiger partial charge is 0.211 e. The molecule has 1 atom stereocenters. The number of ether oxygens (including phenoxy) is 1. The summed E-state index contributed by atoms with van der Waals surface area (Å²) in [5, 5.41) is 0. The van der Waals surface area contributed by atoms with Crippen molar-refractivity contribution in [2.24, 2.45) is 5.92 Å². The molecular weight excluding hydrogens is 353 g/mol. The van der Waals surface area contributed by atoms with Crippen molar-refractivity contribution in [2.45, 2.75) is 23.7 Å². The molecule has 0 saturated carbocycles. The molecule has 0 aromatic heterocycles. The van der Waals surface area contributed by atoms with Crippen LogP contribution in [0.3, 0.4) is 0 Å². The second-order valence-electron chi connectivity index (χ2n) is 5.63. The van der Waals surface area contributed by atoms with Crippen molar-refractivity contribution in [1.82, 2.24) is 0 Å². The van der Waals surface area contributed by atoms with E-state index in [4.69, 9.17) is 39.5 Å². The van der Waals surface area contributed by atoms with Gasteiger partial charge in [0.25, 0.3) is 0 Å². The Balaban J connectivity index is 2.55. The standard InChI is InChI=1S/C18H20Cl3NO/c1-13(2)17(18(19,20)21)22(14-7-5-4-6-8-14)15-9-11-16(23-3)12-10-15/h4-13,17H,1-3H3. The number of halogens is 3. The highest BCUT2D eigenvalue weighted by Gasteiger charge is 2.40. The van der Waals surface area contributed by atoms with E-state index in [1.807, 2.05) is 68.4 Å². The molecule has 2 rings (SSSR count). The summed E-state index contributed by atoms with van der Waals surface area (Å²) in [4.78, 5) is 2.07. The Morgan fingerprint density at radius 2 is 1.39 bits per heavy atom. The van der Waals surface area contributed by atoms with Crippen LogP contribution in [0.4, 0.5) is 11.4 Å². The molecule has 0 bridgehead atoms. The molecule has 124 valence electrons. The lowest BCUT2D eigenvalue weighted by molar-refractivity contribution is 0.414. The Labute approximate surface area is 152 Å². The Kier molecular flexibility index (Phi) is 6.07. The van der Waals surface area contributed by atoms with Gasteiger partial charge >= 0.3 is 0 Å². The first-order chi connectivity index (χ1) is 10.8. The van der Waals surface area contributed by atoms with E-state index in [0.29, 0.717) is 0 Å². The van der Waals surface area contributed by atoms with Crippen molar-refractivity contribution in [2.75, 3.05) is 12.0 Å². The maximum absolute atomic E-state index is 6.31. The lowest BCUT2D eigenvalue weighted by atomic mass is 10.0. The van der Waals surface area contributed by atoms with Crippen LogP contribution in [0.2, 0.25) is 0 Å². The molecular formula is C18H20Cl3NO. The number of hydrogen-bond acceptors (Lipinski definition) is 2. The fourth-order valence-corrected chi connectivity index (χ4v) is 3.67. The Morgan fingerprint density at radius 1 is 0.870 bits per heavy atom. The minimum atomic E-state index is -1.43. The van der Waals surface area contributed by atoms with Gasteiger partial charge in [-0.05, 0) is 42.3 Å². The zero-order valence-corrected chi connectivity index (χ0v) is 15.6. The van der Waals surface area contributed by atoms with Crippen LogP contribution < -0.4 is 9.64 Å². The lowest BCUT2D eigenvalue weighted by Gasteiger charge is -2.40. The molecule has 0 amide bonds. The van der Waals surface area contributed by atoms with E-state index >= 15 is 0 Å². The molecule has 0 fully saturated rings. The lowest BCUT2D eigenvalue weighted by Crippen LogP contribution is -2.45. The molecule has 0 radical (unpaired) electrons. The zero-order valence-electron chi connectivity index (χ0n) is 13.3. The number of anilines is 2. The summed E-state index contributed by atoms with van der Waals surface area (Å²) in [6, 6.07) is 17.4. The van der Waals surface area contributed by atoms with Gasteiger partial charge in [0.1, 0.15) is 5.75 Å². The van der Waals surface area contributed by atoms with Crippen LogP contribution in [0.15, 0.2) is 54.6 Å². The summed E-state index contributed by atoms with van der Waals surface area (Å²) in [7, 11) is 1.64. The SMILES string of the molecule is COc1ccc(N(c2ccccc2)C(C(C)C)C(Cl)(Cl)Cl)cc1. The van der Waals surface area contributed by atoms with Crippen LogP contribution in [0, 0.1) is 5.92 Å². The van der Waals surface area contributed by atoms with Crippen LogP contribution >= 0.6 is 34.8 Å². The van der Waals surface area contributed by atoms with Crippen LogP contribution in [0.25, 0.3) is 0 Å². The topological polar surface area (TPSA) is 12.5 Å². The molecule has 0 aliphatic rings. The summed E-state index contributed by atoms with van der Waals surface area (Å²) in [6.45, 7) is 4.10. The summed E-state index contributed by atoms with van der Waals surface area (Å²) in [5.41, 5.74) is 1.92. The molecule has 0 aliphatic heterocycles. The molecule has 2 aromatic carbocycles. The first-order valence-electron chi connectivity index (χ1n) is 7.39. The van der Waals surface area contributed by atoms with Gasteiger partial charge in [-0.1, -0.05) is 66.8 Å². The van der Waals surface area contributed by atoms with Gasteiger partial charge in [0.2, 0.25) is 3.79 Å². The average molecular weight is 373 g/mol. The van der Waals surface area contributed by atoms with Gasteiger partial charge in [-0.3, -0.25) is 0 Å². The first-order valence-corrected chi connectivity index (χ1v) is 8.53. The molecule has 23 heavy (non-hydrogen) atoms. The third-order valence-electron chi connectivity index (χ3n) is 3.63. The van der Waals surface area contributed by atoms with E-state index < -0.39 is 3.79 Å². The van der Waals surface area contributed by atoms with Crippen molar-refractivity contribution < 1.29 is 4.74 Å². The summed E-state index contributed by atoms with van der Waals surface area (Å²) < 4.78 is 3.81. The van der Waals surface area contributed by atoms with Gasteiger partial charge in [0.15, 0.2) is 0 Å². The number of rotatable bonds is 5. The molecule has 1 unspecified atom stereocenters. The maximum atomic E-state index is 6.31. The van der Waals surface area contributed by atoms with Gasteiger partial charge in [0, 0.05) is 11.4 Å². The molecule has 0 spiro atoms. The average Bonchev–Trinajstić information content (AvgIpc) is 2.52. The van der Waals surface area contributed by atoms with Crippen molar-refractivity contribution in [3.8, 4) is 5.75 Å². The summed E-state index contributed by atoms with van der Waals surface area (Å²) in [5.74, 6) is 0.918. The van der Waals surface area contributed by atoms with Gasteiger partial charge in [-0.15, -0.1) is 0 Å². The van der Waals surface area contributed by atoms with Crippen molar-refractivity contribution in [3.63, 3.8) is 0 Å². The molecule has 2 nitrogen and oxygen atoms in total. The predicted molar refractivity (Wildman–Crippen MR) is 100 cm³/mol. The molecule has 0 aliphatic carbocycles. The third-order valence-corrected chi connectivity index (χ3v) is 4.30. The number of methoxy groups -OCH3 is 1. The van der Waals surface area contributed by atoms with Crippen molar-refractivity contribution in [1.29, 1.82) is 0 Å². The van der Waals surface area contributed by atoms with Gasteiger partial charge < -0.3 is 9.64 Å². The number of benzene rings is 2. The highest BCUT2D eigenvalue weighted by atomic mass is 35.6. The normalized spacial score (nSPS) is 13.0. The fraction of sp³-hybridized carbons (Fsp3) is 0.333. The van der Waals surface area contributed by atoms with E-state index in [9.17, 15) is 0 Å². The Hall–Kier alpha value is -1.09. The maximum Gasteiger partial charge on any atom is 0.211 e. The van der Waals surface area contributed by atoms with E-state index in [1.54, 1.807) is 7.11 Å². The highest BCUT2D eigenvalue weighted by Crippen LogP contribution is 2.43. The largest absolute Gasteiger partial charge is 0.497 e. The predicted octanol–water partition coefficient (Wildman–Crippen LogP) is 6.23. The van der Waals surface area contributed by atoms with Crippen LogP contribution in [0.5, 0.6) is 5.75 Å². The number of hydrogen-bond donors (Lipinski definition) is 0. The number of nitrogens with zero attached hydrogens (tertiary/aromatic N) is 1.